The number of hydrogen-bond donors (Lipinski definition) is 1. The van der Waals surface area contributed by atoms with Crippen molar-refractivity contribution in [1.29, 1.82) is 0 Å². The Kier molecular flexibility index (Phi) is 3.63. The molecular weight excluding hydrogens is 246 g/mol. The van der Waals surface area contributed by atoms with Crippen LogP contribution in [0.5, 0.6) is 0 Å². The summed E-state index contributed by atoms with van der Waals surface area (Å²) in [5, 5.41) is 0. The Hall–Kier alpha value is -1.24. The summed E-state index contributed by atoms with van der Waals surface area (Å²) >= 11 is 0. The minimum atomic E-state index is -0.130. The van der Waals surface area contributed by atoms with E-state index in [4.69, 9.17) is 9.47 Å². The Morgan fingerprint density at radius 1 is 1.47 bits per heavy atom. The summed E-state index contributed by atoms with van der Waals surface area (Å²) < 4.78 is 11.0. The lowest BCUT2D eigenvalue weighted by Gasteiger charge is -2.31. The lowest BCUT2D eigenvalue weighted by molar-refractivity contribution is -0.0330. The van der Waals surface area contributed by atoms with Gasteiger partial charge >= 0.3 is 0 Å². The predicted octanol–water partition coefficient (Wildman–Crippen LogP) is 0.236. The standard InChI is InChI=1S/C13H19N3O3/c1-2-16-4-6-19-11(7-16)12-14-10-3-5-18-8-9(10)13(17)15-12/h11H,2-8H2,1H3,(H,14,15,17). The fraction of sp³-hybridized carbons (Fsp3) is 0.692. The number of fused-ring (bicyclic) bond motifs is 1. The highest BCUT2D eigenvalue weighted by atomic mass is 16.5. The van der Waals surface area contributed by atoms with Crippen LogP contribution < -0.4 is 5.56 Å². The number of nitrogens with one attached hydrogen (secondary N) is 1. The molecule has 2 aliphatic rings. The molecule has 3 rings (SSSR count). The van der Waals surface area contributed by atoms with Crippen LogP contribution in [0.1, 0.15) is 30.1 Å². The van der Waals surface area contributed by atoms with Gasteiger partial charge in [-0.1, -0.05) is 6.92 Å². The first-order chi connectivity index (χ1) is 9.28. The number of likely N-dealkylation sites (N-methyl/N-ethyl adjacent to an activating group) is 1. The van der Waals surface area contributed by atoms with Crippen LogP contribution in [0.3, 0.4) is 0 Å². The summed E-state index contributed by atoms with van der Waals surface area (Å²) in [5.41, 5.74) is 1.44. The molecule has 1 fully saturated rings. The molecule has 0 bridgehead atoms. The van der Waals surface area contributed by atoms with Crippen LogP contribution >= 0.6 is 0 Å². The Balaban J connectivity index is 1.88. The number of H-pyrrole nitrogens is 1. The molecule has 0 saturated carbocycles. The first-order valence-electron chi connectivity index (χ1n) is 6.81. The van der Waals surface area contributed by atoms with Gasteiger partial charge in [0.1, 0.15) is 11.9 Å². The average Bonchev–Trinajstić information content (AvgIpc) is 2.47. The van der Waals surface area contributed by atoms with Crippen LogP contribution in [0.25, 0.3) is 0 Å². The van der Waals surface area contributed by atoms with Gasteiger partial charge in [0.25, 0.3) is 5.56 Å². The third-order valence-electron chi connectivity index (χ3n) is 3.75. The van der Waals surface area contributed by atoms with Gasteiger partial charge in [0.2, 0.25) is 0 Å². The van der Waals surface area contributed by atoms with E-state index in [9.17, 15) is 4.79 Å². The number of nitrogens with zero attached hydrogens (tertiary/aromatic N) is 2. The highest BCUT2D eigenvalue weighted by Gasteiger charge is 2.25. The number of rotatable bonds is 2. The van der Waals surface area contributed by atoms with Crippen molar-refractivity contribution in [2.45, 2.75) is 26.1 Å². The molecule has 104 valence electrons. The van der Waals surface area contributed by atoms with E-state index in [1.54, 1.807) is 0 Å². The van der Waals surface area contributed by atoms with Crippen molar-refractivity contribution in [3.8, 4) is 0 Å². The molecule has 1 aromatic heterocycles. The molecule has 19 heavy (non-hydrogen) atoms. The van der Waals surface area contributed by atoms with E-state index in [1.807, 2.05) is 0 Å². The molecule has 6 heteroatoms. The minimum absolute atomic E-state index is 0.0862. The van der Waals surface area contributed by atoms with Gasteiger partial charge < -0.3 is 14.5 Å². The maximum absolute atomic E-state index is 12.0. The molecule has 1 unspecified atom stereocenters. The van der Waals surface area contributed by atoms with Crippen molar-refractivity contribution in [2.24, 2.45) is 0 Å². The first kappa shape index (κ1) is 12.8. The normalized spacial score (nSPS) is 24.2. The average molecular weight is 265 g/mol. The van der Waals surface area contributed by atoms with Gasteiger partial charge in [-0.15, -0.1) is 0 Å². The van der Waals surface area contributed by atoms with Crippen LogP contribution in [-0.2, 0) is 22.5 Å². The predicted molar refractivity (Wildman–Crippen MR) is 69.0 cm³/mol. The lowest BCUT2D eigenvalue weighted by Crippen LogP contribution is -2.39. The molecule has 1 atom stereocenters. The van der Waals surface area contributed by atoms with Gasteiger partial charge in [-0.2, -0.15) is 0 Å². The highest BCUT2D eigenvalue weighted by Crippen LogP contribution is 2.20. The molecule has 1 aromatic rings. The number of morpholine rings is 1. The maximum atomic E-state index is 12.0. The van der Waals surface area contributed by atoms with E-state index in [2.05, 4.69) is 21.8 Å². The molecule has 1 N–H and O–H groups in total. The molecule has 0 aliphatic carbocycles. The molecule has 1 saturated heterocycles. The summed E-state index contributed by atoms with van der Waals surface area (Å²) in [4.78, 5) is 21.8. The summed E-state index contributed by atoms with van der Waals surface area (Å²) in [7, 11) is 0. The Morgan fingerprint density at radius 2 is 2.37 bits per heavy atom. The summed E-state index contributed by atoms with van der Waals surface area (Å²) in [5.74, 6) is 0.656. The van der Waals surface area contributed by atoms with E-state index in [0.717, 1.165) is 25.3 Å². The maximum Gasteiger partial charge on any atom is 0.256 e. The number of aromatic nitrogens is 2. The molecule has 3 heterocycles. The van der Waals surface area contributed by atoms with Crippen molar-refractivity contribution in [3.05, 3.63) is 27.4 Å². The molecule has 6 nitrogen and oxygen atoms in total. The van der Waals surface area contributed by atoms with Crippen LogP contribution in [0.2, 0.25) is 0 Å². The zero-order valence-corrected chi connectivity index (χ0v) is 11.1. The van der Waals surface area contributed by atoms with Crippen molar-refractivity contribution in [2.75, 3.05) is 32.8 Å². The van der Waals surface area contributed by atoms with Gasteiger partial charge in [-0.05, 0) is 6.54 Å². The number of aromatic amines is 1. The zero-order valence-electron chi connectivity index (χ0n) is 11.1. The summed E-state index contributed by atoms with van der Waals surface area (Å²) in [6.07, 6.45) is 0.575. The Bertz CT molecular complexity index is 514. The van der Waals surface area contributed by atoms with E-state index in [-0.39, 0.29) is 11.7 Å². The monoisotopic (exact) mass is 265 g/mol. The molecular formula is C13H19N3O3. The largest absolute Gasteiger partial charge is 0.376 e. The minimum Gasteiger partial charge on any atom is -0.376 e. The van der Waals surface area contributed by atoms with Gasteiger partial charge in [0.05, 0.1) is 31.1 Å². The van der Waals surface area contributed by atoms with Gasteiger partial charge in [-0.25, -0.2) is 4.98 Å². The third kappa shape index (κ3) is 2.56. The van der Waals surface area contributed by atoms with Gasteiger partial charge in [0.15, 0.2) is 0 Å². The molecule has 0 aromatic carbocycles. The number of hydrogen-bond acceptors (Lipinski definition) is 5. The first-order valence-corrected chi connectivity index (χ1v) is 6.81. The molecule has 0 spiro atoms. The SMILES string of the molecule is CCN1CCOC(c2nc3c(c(=O)[nH]2)COCC3)C1. The summed E-state index contributed by atoms with van der Waals surface area (Å²) in [6, 6.07) is 0. The van der Waals surface area contributed by atoms with Crippen molar-refractivity contribution in [3.63, 3.8) is 0 Å². The number of ether oxygens (including phenoxy) is 2. The molecule has 0 amide bonds. The fourth-order valence-electron chi connectivity index (χ4n) is 2.57. The van der Waals surface area contributed by atoms with Crippen LogP contribution in [-0.4, -0.2) is 47.7 Å². The lowest BCUT2D eigenvalue weighted by atomic mass is 10.1. The van der Waals surface area contributed by atoms with Crippen molar-refractivity contribution in [1.82, 2.24) is 14.9 Å². The second-order valence-corrected chi connectivity index (χ2v) is 4.93. The summed E-state index contributed by atoms with van der Waals surface area (Å²) in [6.45, 7) is 6.53. The topological polar surface area (TPSA) is 67.5 Å². The van der Waals surface area contributed by atoms with Crippen LogP contribution in [0.15, 0.2) is 4.79 Å². The Morgan fingerprint density at radius 3 is 3.21 bits per heavy atom. The van der Waals surface area contributed by atoms with E-state index >= 15 is 0 Å². The van der Waals surface area contributed by atoms with Crippen LogP contribution in [0, 0.1) is 0 Å². The smallest absolute Gasteiger partial charge is 0.256 e. The van der Waals surface area contributed by atoms with Crippen molar-refractivity contribution >= 4 is 0 Å². The fourth-order valence-corrected chi connectivity index (χ4v) is 2.57. The molecule has 0 radical (unpaired) electrons. The van der Waals surface area contributed by atoms with Gasteiger partial charge in [-0.3, -0.25) is 9.69 Å². The van der Waals surface area contributed by atoms with Crippen LogP contribution in [0.4, 0.5) is 0 Å². The quantitative estimate of drug-likeness (QED) is 0.829. The second-order valence-electron chi connectivity index (χ2n) is 4.93. The third-order valence-corrected chi connectivity index (χ3v) is 3.75. The highest BCUT2D eigenvalue weighted by molar-refractivity contribution is 5.19. The Labute approximate surface area is 111 Å². The van der Waals surface area contributed by atoms with E-state index in [1.165, 1.54) is 0 Å². The van der Waals surface area contributed by atoms with E-state index in [0.29, 0.717) is 37.6 Å². The van der Waals surface area contributed by atoms with Crippen molar-refractivity contribution < 1.29 is 9.47 Å². The van der Waals surface area contributed by atoms with Gasteiger partial charge in [0, 0.05) is 19.5 Å². The van der Waals surface area contributed by atoms with E-state index < -0.39 is 0 Å². The zero-order chi connectivity index (χ0) is 13.2. The molecule has 2 aliphatic heterocycles. The second kappa shape index (κ2) is 5.40.